The molecule has 0 saturated heterocycles. The predicted octanol–water partition coefficient (Wildman–Crippen LogP) is 5.23. The molecule has 0 fully saturated rings. The summed E-state index contributed by atoms with van der Waals surface area (Å²) in [5, 5.41) is 3.79. The van der Waals surface area contributed by atoms with Crippen LogP contribution in [-0.2, 0) is 12.6 Å². The molecule has 9 heteroatoms. The molecule has 1 atom stereocenters. The van der Waals surface area contributed by atoms with Crippen molar-refractivity contribution in [3.63, 3.8) is 0 Å². The Labute approximate surface area is 170 Å². The summed E-state index contributed by atoms with van der Waals surface area (Å²) in [6, 6.07) is 10.4. The highest BCUT2D eigenvalue weighted by Gasteiger charge is 2.37. The van der Waals surface area contributed by atoms with E-state index in [1.54, 1.807) is 31.5 Å². The van der Waals surface area contributed by atoms with Crippen LogP contribution in [0, 0.1) is 0 Å². The minimum absolute atomic E-state index is 0.187. The molecule has 0 bridgehead atoms. The average Bonchev–Trinajstić information content (AvgIpc) is 3.34. The van der Waals surface area contributed by atoms with Crippen LogP contribution in [0.4, 0.5) is 13.2 Å². The van der Waals surface area contributed by atoms with Gasteiger partial charge >= 0.3 is 6.18 Å². The van der Waals surface area contributed by atoms with Crippen LogP contribution in [0.15, 0.2) is 53.1 Å². The van der Waals surface area contributed by atoms with Gasteiger partial charge in [0.2, 0.25) is 0 Å². The van der Waals surface area contributed by atoms with Crippen LogP contribution in [-0.4, -0.2) is 33.7 Å². The number of para-hydroxylation sites is 1. The van der Waals surface area contributed by atoms with Gasteiger partial charge in [-0.1, -0.05) is 23.7 Å². The van der Waals surface area contributed by atoms with Crippen LogP contribution in [0.1, 0.15) is 35.3 Å². The van der Waals surface area contributed by atoms with E-state index in [9.17, 15) is 18.0 Å². The molecule has 0 spiro atoms. The van der Waals surface area contributed by atoms with E-state index in [2.05, 4.69) is 5.10 Å². The van der Waals surface area contributed by atoms with Crippen LogP contribution >= 0.6 is 11.6 Å². The van der Waals surface area contributed by atoms with E-state index in [-0.39, 0.29) is 22.4 Å². The normalized spacial score (nSPS) is 12.8. The van der Waals surface area contributed by atoms with Crippen molar-refractivity contribution in [2.24, 2.45) is 0 Å². The number of carbonyl (C=O) groups is 1. The van der Waals surface area contributed by atoms with E-state index in [1.165, 1.54) is 17.0 Å². The van der Waals surface area contributed by atoms with E-state index in [0.717, 1.165) is 16.5 Å². The van der Waals surface area contributed by atoms with Crippen LogP contribution in [0.3, 0.4) is 0 Å². The topological polar surface area (TPSA) is 51.3 Å². The summed E-state index contributed by atoms with van der Waals surface area (Å²) in [6.45, 7) is 1.82. The van der Waals surface area contributed by atoms with Gasteiger partial charge in [-0.05, 0) is 37.6 Å². The molecule has 2 aromatic heterocycles. The van der Waals surface area contributed by atoms with Gasteiger partial charge in [-0.25, -0.2) is 4.68 Å². The third-order valence-electron chi connectivity index (χ3n) is 4.67. The molecule has 0 aliphatic rings. The number of furan rings is 1. The number of alkyl halides is 3. The lowest BCUT2D eigenvalue weighted by Gasteiger charge is -2.25. The standard InChI is InChI=1S/C20H19ClF3N3O2/c1-13(9-10-14-6-5-11-29-14)26(2)19(28)17-12-18(20(22,23)24)25-27(17)16-8-4-3-7-15(16)21/h3-8,11-13H,9-10H2,1-2H3. The number of hydrogen-bond acceptors (Lipinski definition) is 3. The molecule has 5 nitrogen and oxygen atoms in total. The summed E-state index contributed by atoms with van der Waals surface area (Å²) >= 11 is 6.13. The Balaban J connectivity index is 1.90. The zero-order valence-corrected chi connectivity index (χ0v) is 16.5. The number of rotatable bonds is 6. The summed E-state index contributed by atoms with van der Waals surface area (Å²) in [5.41, 5.74) is -1.17. The van der Waals surface area contributed by atoms with Gasteiger partial charge in [0, 0.05) is 25.6 Å². The van der Waals surface area contributed by atoms with Crippen molar-refractivity contribution in [1.82, 2.24) is 14.7 Å². The zero-order chi connectivity index (χ0) is 21.2. The second-order valence-corrected chi connectivity index (χ2v) is 7.07. The number of carbonyl (C=O) groups excluding carboxylic acids is 1. The largest absolute Gasteiger partial charge is 0.469 e. The molecular weight excluding hydrogens is 407 g/mol. The Morgan fingerprint density at radius 3 is 2.62 bits per heavy atom. The highest BCUT2D eigenvalue weighted by molar-refractivity contribution is 6.32. The number of amides is 1. The van der Waals surface area contributed by atoms with E-state index in [1.807, 2.05) is 13.0 Å². The Kier molecular flexibility index (Phi) is 6.02. The molecule has 1 amide bonds. The first-order chi connectivity index (χ1) is 13.7. The minimum atomic E-state index is -4.69. The van der Waals surface area contributed by atoms with Gasteiger partial charge in [0.15, 0.2) is 5.69 Å². The second kappa shape index (κ2) is 8.32. The van der Waals surface area contributed by atoms with E-state index in [4.69, 9.17) is 16.0 Å². The quantitative estimate of drug-likeness (QED) is 0.543. The molecule has 3 rings (SSSR count). The van der Waals surface area contributed by atoms with Crippen molar-refractivity contribution in [3.05, 3.63) is 70.9 Å². The average molecular weight is 426 g/mol. The highest BCUT2D eigenvalue weighted by atomic mass is 35.5. The smallest absolute Gasteiger partial charge is 0.435 e. The van der Waals surface area contributed by atoms with Crippen molar-refractivity contribution < 1.29 is 22.4 Å². The molecule has 1 unspecified atom stereocenters. The fourth-order valence-electron chi connectivity index (χ4n) is 2.86. The molecule has 3 aromatic rings. The van der Waals surface area contributed by atoms with Crippen molar-refractivity contribution >= 4 is 17.5 Å². The lowest BCUT2D eigenvalue weighted by Crippen LogP contribution is -2.36. The van der Waals surface area contributed by atoms with E-state index < -0.39 is 17.8 Å². The zero-order valence-electron chi connectivity index (χ0n) is 15.8. The van der Waals surface area contributed by atoms with Crippen molar-refractivity contribution in [3.8, 4) is 5.69 Å². The van der Waals surface area contributed by atoms with Crippen LogP contribution in [0.5, 0.6) is 0 Å². The highest BCUT2D eigenvalue weighted by Crippen LogP contribution is 2.31. The summed E-state index contributed by atoms with van der Waals surface area (Å²) in [7, 11) is 1.55. The summed E-state index contributed by atoms with van der Waals surface area (Å²) in [5.74, 6) is 0.193. The van der Waals surface area contributed by atoms with Gasteiger partial charge in [-0.3, -0.25) is 4.79 Å². The summed E-state index contributed by atoms with van der Waals surface area (Å²) in [4.78, 5) is 14.4. The van der Waals surface area contributed by atoms with Crippen molar-refractivity contribution in [1.29, 1.82) is 0 Å². The fraction of sp³-hybridized carbons (Fsp3) is 0.300. The van der Waals surface area contributed by atoms with Gasteiger partial charge in [0.25, 0.3) is 5.91 Å². The van der Waals surface area contributed by atoms with Crippen LogP contribution < -0.4 is 0 Å². The molecular formula is C20H19ClF3N3O2. The maximum Gasteiger partial charge on any atom is 0.435 e. The minimum Gasteiger partial charge on any atom is -0.469 e. The molecule has 0 N–H and O–H groups in total. The SMILES string of the molecule is CC(CCc1ccco1)N(C)C(=O)c1cc(C(F)(F)F)nn1-c1ccccc1Cl. The molecule has 0 aliphatic heterocycles. The number of hydrogen-bond donors (Lipinski definition) is 0. The Hall–Kier alpha value is -2.74. The molecule has 0 saturated carbocycles. The number of nitrogens with zero attached hydrogens (tertiary/aromatic N) is 3. The van der Waals surface area contributed by atoms with Gasteiger partial charge in [0.05, 0.1) is 17.0 Å². The molecule has 2 heterocycles. The van der Waals surface area contributed by atoms with Gasteiger partial charge in [0.1, 0.15) is 11.5 Å². The molecule has 0 aliphatic carbocycles. The van der Waals surface area contributed by atoms with Gasteiger partial charge < -0.3 is 9.32 Å². The van der Waals surface area contributed by atoms with E-state index in [0.29, 0.717) is 12.8 Å². The maximum absolute atomic E-state index is 13.3. The number of aromatic nitrogens is 2. The second-order valence-electron chi connectivity index (χ2n) is 6.66. The van der Waals surface area contributed by atoms with E-state index >= 15 is 0 Å². The van der Waals surface area contributed by atoms with Crippen molar-refractivity contribution in [2.45, 2.75) is 32.0 Å². The van der Waals surface area contributed by atoms with Gasteiger partial charge in [-0.15, -0.1) is 0 Å². The third-order valence-corrected chi connectivity index (χ3v) is 4.99. The van der Waals surface area contributed by atoms with Crippen LogP contribution in [0.25, 0.3) is 5.69 Å². The Bertz CT molecular complexity index is 983. The third kappa shape index (κ3) is 4.64. The summed E-state index contributed by atoms with van der Waals surface area (Å²) in [6.07, 6.45) is -1.94. The predicted molar refractivity (Wildman–Crippen MR) is 102 cm³/mol. The fourth-order valence-corrected chi connectivity index (χ4v) is 3.08. The first-order valence-corrected chi connectivity index (χ1v) is 9.28. The Morgan fingerprint density at radius 1 is 1.28 bits per heavy atom. The molecule has 1 aromatic carbocycles. The lowest BCUT2D eigenvalue weighted by molar-refractivity contribution is -0.141. The number of benzene rings is 1. The van der Waals surface area contributed by atoms with Crippen molar-refractivity contribution in [2.75, 3.05) is 7.05 Å². The number of aryl methyl sites for hydroxylation is 1. The number of halogens is 4. The lowest BCUT2D eigenvalue weighted by atomic mass is 10.1. The first kappa shape index (κ1) is 21.0. The molecule has 154 valence electrons. The Morgan fingerprint density at radius 2 is 2.00 bits per heavy atom. The monoisotopic (exact) mass is 425 g/mol. The molecule has 0 radical (unpaired) electrons. The van der Waals surface area contributed by atoms with Crippen LogP contribution in [0.2, 0.25) is 5.02 Å². The first-order valence-electron chi connectivity index (χ1n) is 8.90. The molecule has 29 heavy (non-hydrogen) atoms. The summed E-state index contributed by atoms with van der Waals surface area (Å²) < 4.78 is 46.0. The van der Waals surface area contributed by atoms with Gasteiger partial charge in [-0.2, -0.15) is 18.3 Å². The maximum atomic E-state index is 13.3.